The number of carbonyl (C=O) groups excluding carboxylic acids is 1. The summed E-state index contributed by atoms with van der Waals surface area (Å²) in [6.07, 6.45) is -0.0871. The topological polar surface area (TPSA) is 38.3 Å². The lowest BCUT2D eigenvalue weighted by molar-refractivity contribution is -0.145. The zero-order chi connectivity index (χ0) is 13.8. The van der Waals surface area contributed by atoms with Crippen LogP contribution in [0.1, 0.15) is 13.8 Å². The third kappa shape index (κ3) is 3.47. The Morgan fingerprint density at radius 3 is 2.58 bits per heavy atom. The van der Waals surface area contributed by atoms with Gasteiger partial charge in [0.15, 0.2) is 0 Å². The van der Waals surface area contributed by atoms with Crippen molar-refractivity contribution in [1.82, 2.24) is 0 Å². The fourth-order valence-corrected chi connectivity index (χ4v) is 2.37. The van der Waals surface area contributed by atoms with Crippen molar-refractivity contribution in [3.05, 3.63) is 40.9 Å². The first kappa shape index (κ1) is 13.9. The minimum absolute atomic E-state index is 0.0871. The van der Waals surface area contributed by atoms with Gasteiger partial charge in [-0.25, -0.2) is 0 Å². The molecular weight excluding hydrogens is 306 g/mol. The van der Waals surface area contributed by atoms with E-state index in [-0.39, 0.29) is 18.6 Å². The third-order valence-corrected chi connectivity index (χ3v) is 3.35. The van der Waals surface area contributed by atoms with E-state index in [1.807, 2.05) is 50.2 Å². The maximum Gasteiger partial charge on any atom is 0.325 e. The van der Waals surface area contributed by atoms with Crippen LogP contribution in [0.4, 0.5) is 5.69 Å². The Bertz CT molecular complexity index is 596. The fraction of sp³-hybridized carbons (Fsp3) is 0.267. The Labute approximate surface area is 121 Å². The normalized spacial score (nSPS) is 10.7. The van der Waals surface area contributed by atoms with Gasteiger partial charge in [-0.15, -0.1) is 0 Å². The van der Waals surface area contributed by atoms with E-state index in [0.717, 1.165) is 20.9 Å². The summed E-state index contributed by atoms with van der Waals surface area (Å²) in [5.74, 6) is -0.248. The van der Waals surface area contributed by atoms with Crippen LogP contribution in [0, 0.1) is 0 Å². The Balaban J connectivity index is 2.17. The zero-order valence-corrected chi connectivity index (χ0v) is 12.5. The molecule has 0 aromatic heterocycles. The van der Waals surface area contributed by atoms with Crippen LogP contribution in [-0.4, -0.2) is 18.6 Å². The van der Waals surface area contributed by atoms with Gasteiger partial charge in [0.1, 0.15) is 6.54 Å². The maximum atomic E-state index is 11.5. The quantitative estimate of drug-likeness (QED) is 0.866. The number of hydrogen-bond acceptors (Lipinski definition) is 3. The highest BCUT2D eigenvalue weighted by atomic mass is 79.9. The van der Waals surface area contributed by atoms with Crippen LogP contribution in [0.5, 0.6) is 0 Å². The molecule has 0 unspecified atom stereocenters. The number of nitrogens with one attached hydrogen (secondary N) is 1. The number of hydrogen-bond donors (Lipinski definition) is 1. The van der Waals surface area contributed by atoms with Crippen molar-refractivity contribution in [3.8, 4) is 0 Å². The van der Waals surface area contributed by atoms with Gasteiger partial charge in [-0.3, -0.25) is 4.79 Å². The van der Waals surface area contributed by atoms with E-state index >= 15 is 0 Å². The summed E-state index contributed by atoms with van der Waals surface area (Å²) < 4.78 is 6.14. The number of esters is 1. The second-order valence-corrected chi connectivity index (χ2v) is 5.39. The Hall–Kier alpha value is -1.55. The van der Waals surface area contributed by atoms with Crippen molar-refractivity contribution in [1.29, 1.82) is 0 Å². The number of benzene rings is 2. The number of anilines is 1. The Morgan fingerprint density at radius 1 is 1.21 bits per heavy atom. The van der Waals surface area contributed by atoms with Crippen molar-refractivity contribution >= 4 is 38.4 Å². The van der Waals surface area contributed by atoms with Gasteiger partial charge in [-0.05, 0) is 31.4 Å². The van der Waals surface area contributed by atoms with Crippen molar-refractivity contribution in [2.75, 3.05) is 11.9 Å². The molecule has 0 spiro atoms. The molecule has 4 heteroatoms. The van der Waals surface area contributed by atoms with Crippen LogP contribution in [0.15, 0.2) is 40.9 Å². The van der Waals surface area contributed by atoms with E-state index in [4.69, 9.17) is 4.74 Å². The molecule has 0 radical (unpaired) electrons. The molecule has 0 heterocycles. The van der Waals surface area contributed by atoms with Gasteiger partial charge in [0.05, 0.1) is 6.10 Å². The lowest BCUT2D eigenvalue weighted by Crippen LogP contribution is -2.20. The first-order chi connectivity index (χ1) is 9.08. The van der Waals surface area contributed by atoms with Crippen LogP contribution in [0.25, 0.3) is 10.8 Å². The Kier molecular flexibility index (Phi) is 4.43. The minimum Gasteiger partial charge on any atom is -0.462 e. The van der Waals surface area contributed by atoms with Crippen LogP contribution >= 0.6 is 15.9 Å². The molecule has 100 valence electrons. The predicted molar refractivity (Wildman–Crippen MR) is 81.4 cm³/mol. The fourth-order valence-electron chi connectivity index (χ4n) is 1.89. The van der Waals surface area contributed by atoms with Crippen molar-refractivity contribution in [3.63, 3.8) is 0 Å². The highest BCUT2D eigenvalue weighted by Crippen LogP contribution is 2.29. The molecule has 0 fully saturated rings. The largest absolute Gasteiger partial charge is 0.462 e. The van der Waals surface area contributed by atoms with Gasteiger partial charge in [0.25, 0.3) is 0 Å². The van der Waals surface area contributed by atoms with Gasteiger partial charge in [-0.2, -0.15) is 0 Å². The molecule has 2 rings (SSSR count). The summed E-state index contributed by atoms with van der Waals surface area (Å²) in [5, 5.41) is 5.32. The van der Waals surface area contributed by atoms with Gasteiger partial charge < -0.3 is 10.1 Å². The number of fused-ring (bicyclic) bond motifs is 1. The van der Waals surface area contributed by atoms with Crippen LogP contribution < -0.4 is 5.32 Å². The summed E-state index contributed by atoms with van der Waals surface area (Å²) in [4.78, 5) is 11.5. The van der Waals surface area contributed by atoms with E-state index in [1.165, 1.54) is 0 Å². The first-order valence-electron chi connectivity index (χ1n) is 6.18. The summed E-state index contributed by atoms with van der Waals surface area (Å²) in [5.41, 5.74) is 0.930. The molecule has 0 aliphatic heterocycles. The molecule has 0 aliphatic rings. The summed E-state index contributed by atoms with van der Waals surface area (Å²) in [6.45, 7) is 3.85. The van der Waals surface area contributed by atoms with E-state index in [0.29, 0.717) is 0 Å². The monoisotopic (exact) mass is 321 g/mol. The molecule has 2 aromatic carbocycles. The van der Waals surface area contributed by atoms with Crippen LogP contribution in [0.2, 0.25) is 0 Å². The van der Waals surface area contributed by atoms with E-state index in [2.05, 4.69) is 21.2 Å². The van der Waals surface area contributed by atoms with Gasteiger partial charge >= 0.3 is 5.97 Å². The highest BCUT2D eigenvalue weighted by Gasteiger charge is 2.07. The standard InChI is InChI=1S/C15H16BrNO2/c1-10(2)19-15(18)9-17-14-8-7-13(16)11-5-3-4-6-12(11)14/h3-8,10,17H,9H2,1-2H3. The van der Waals surface area contributed by atoms with Crippen molar-refractivity contribution < 1.29 is 9.53 Å². The average molecular weight is 322 g/mol. The molecule has 0 saturated carbocycles. The molecule has 0 aliphatic carbocycles. The average Bonchev–Trinajstić information content (AvgIpc) is 2.37. The lowest BCUT2D eigenvalue weighted by atomic mass is 10.1. The van der Waals surface area contributed by atoms with Crippen molar-refractivity contribution in [2.45, 2.75) is 20.0 Å². The molecule has 2 aromatic rings. The summed E-state index contributed by atoms with van der Waals surface area (Å²) >= 11 is 3.52. The summed E-state index contributed by atoms with van der Waals surface area (Å²) in [6, 6.07) is 12.0. The van der Waals surface area contributed by atoms with E-state index < -0.39 is 0 Å². The van der Waals surface area contributed by atoms with Crippen molar-refractivity contribution in [2.24, 2.45) is 0 Å². The number of halogens is 1. The van der Waals surface area contributed by atoms with Crippen LogP contribution in [-0.2, 0) is 9.53 Å². The lowest BCUT2D eigenvalue weighted by Gasteiger charge is -2.12. The predicted octanol–water partition coefficient (Wildman–Crippen LogP) is 3.97. The molecule has 3 nitrogen and oxygen atoms in total. The van der Waals surface area contributed by atoms with Crippen LogP contribution in [0.3, 0.4) is 0 Å². The molecular formula is C15H16BrNO2. The number of rotatable bonds is 4. The Morgan fingerprint density at radius 2 is 1.89 bits per heavy atom. The number of ether oxygens (including phenoxy) is 1. The maximum absolute atomic E-state index is 11.5. The zero-order valence-electron chi connectivity index (χ0n) is 10.9. The molecule has 0 amide bonds. The van der Waals surface area contributed by atoms with E-state index in [9.17, 15) is 4.79 Å². The van der Waals surface area contributed by atoms with Gasteiger partial charge in [-0.1, -0.05) is 40.2 Å². The SMILES string of the molecule is CC(C)OC(=O)CNc1ccc(Br)c2ccccc12. The smallest absolute Gasteiger partial charge is 0.325 e. The number of carbonyl (C=O) groups is 1. The van der Waals surface area contributed by atoms with Gasteiger partial charge in [0, 0.05) is 15.5 Å². The molecule has 0 atom stereocenters. The molecule has 1 N–H and O–H groups in total. The summed E-state index contributed by atoms with van der Waals surface area (Å²) in [7, 11) is 0. The van der Waals surface area contributed by atoms with E-state index in [1.54, 1.807) is 0 Å². The second kappa shape index (κ2) is 6.06. The second-order valence-electron chi connectivity index (χ2n) is 4.53. The molecule has 0 bridgehead atoms. The third-order valence-electron chi connectivity index (χ3n) is 2.66. The molecule has 19 heavy (non-hydrogen) atoms. The first-order valence-corrected chi connectivity index (χ1v) is 6.98. The minimum atomic E-state index is -0.248. The van der Waals surface area contributed by atoms with Gasteiger partial charge in [0.2, 0.25) is 0 Å². The highest BCUT2D eigenvalue weighted by molar-refractivity contribution is 9.10. The molecule has 0 saturated heterocycles.